The number of aryl methyl sites for hydroxylation is 1. The van der Waals surface area contributed by atoms with E-state index >= 15 is 4.39 Å². The number of piperidine rings is 1. The highest BCUT2D eigenvalue weighted by molar-refractivity contribution is 5.85. The van der Waals surface area contributed by atoms with Crippen molar-refractivity contribution >= 4 is 16.8 Å². The van der Waals surface area contributed by atoms with Crippen LogP contribution < -0.4 is 15.0 Å². The molecule has 1 aromatic heterocycles. The van der Waals surface area contributed by atoms with Gasteiger partial charge in [0.15, 0.2) is 11.6 Å². The Hall–Kier alpha value is -3.44. The zero-order chi connectivity index (χ0) is 28.2. The fraction of sp³-hybridized carbons (Fsp3) is 0.429. The van der Waals surface area contributed by atoms with Gasteiger partial charge in [-0.3, -0.25) is 19.9 Å². The first kappa shape index (κ1) is 28.6. The lowest BCUT2D eigenvalue weighted by molar-refractivity contribution is -0.143. The van der Waals surface area contributed by atoms with Crippen LogP contribution in [0.1, 0.15) is 43.0 Å². The van der Waals surface area contributed by atoms with Crippen LogP contribution in [0.25, 0.3) is 10.9 Å². The summed E-state index contributed by atoms with van der Waals surface area (Å²) in [6.45, 7) is 2.95. The number of benzene rings is 2. The zero-order valence-electron chi connectivity index (χ0n) is 21.8. The monoisotopic (exact) mass is 549 g/mol. The molecule has 210 valence electrons. The molecule has 1 atom stereocenters. The smallest absolute Gasteiger partial charge is 0.249 e. The molecule has 1 amide bonds. The molecule has 1 saturated heterocycles. The predicted molar refractivity (Wildman–Crippen MR) is 136 cm³/mol. The lowest BCUT2D eigenvalue weighted by Gasteiger charge is -2.40. The summed E-state index contributed by atoms with van der Waals surface area (Å²) in [5.74, 6) is -4.03. The van der Waals surface area contributed by atoms with E-state index in [0.29, 0.717) is 66.3 Å². The van der Waals surface area contributed by atoms with E-state index < -0.39 is 40.7 Å². The summed E-state index contributed by atoms with van der Waals surface area (Å²) in [5, 5.41) is 10.1. The lowest BCUT2D eigenvalue weighted by atomic mass is 9.73. The largest absolute Gasteiger partial charge is 0.497 e. The zero-order valence-corrected chi connectivity index (χ0v) is 21.8. The number of halogens is 4. The Bertz CT molecular complexity index is 1330. The van der Waals surface area contributed by atoms with Crippen LogP contribution in [0.3, 0.4) is 0 Å². The van der Waals surface area contributed by atoms with Gasteiger partial charge in [0.2, 0.25) is 11.7 Å². The Morgan fingerprint density at radius 1 is 1.21 bits per heavy atom. The number of amides is 1. The number of carbonyl (C=O) groups excluding carboxylic acids is 1. The number of rotatable bonds is 10. The van der Waals surface area contributed by atoms with Gasteiger partial charge in [-0.15, -0.1) is 0 Å². The molecule has 39 heavy (non-hydrogen) atoms. The number of aromatic nitrogens is 1. The average Bonchev–Trinajstić information content (AvgIpc) is 2.94. The topological polar surface area (TPSA) is 83.9 Å². The second-order valence-corrected chi connectivity index (χ2v) is 9.86. The van der Waals surface area contributed by atoms with Crippen molar-refractivity contribution in [1.29, 1.82) is 0 Å². The number of alkyl halides is 1. The van der Waals surface area contributed by atoms with E-state index in [1.54, 1.807) is 36.8 Å². The maximum atomic E-state index is 15.8. The van der Waals surface area contributed by atoms with Gasteiger partial charge in [-0.2, -0.15) is 4.39 Å². The number of carbonyl (C=O) groups is 1. The summed E-state index contributed by atoms with van der Waals surface area (Å²) in [4.78, 5) is 19.1. The van der Waals surface area contributed by atoms with Crippen LogP contribution in [0.2, 0.25) is 0 Å². The van der Waals surface area contributed by atoms with Gasteiger partial charge in [0.1, 0.15) is 24.3 Å². The highest BCUT2D eigenvalue weighted by Crippen LogP contribution is 2.41. The number of ether oxygens (including phenoxy) is 2. The van der Waals surface area contributed by atoms with Crippen LogP contribution in [0.5, 0.6) is 11.5 Å². The molecule has 1 unspecified atom stereocenters. The third kappa shape index (κ3) is 6.25. The summed E-state index contributed by atoms with van der Waals surface area (Å²) >= 11 is 0. The van der Waals surface area contributed by atoms with E-state index in [1.807, 2.05) is 4.90 Å². The lowest BCUT2D eigenvalue weighted by Crippen LogP contribution is -2.49. The molecule has 7 nitrogen and oxygen atoms in total. The molecule has 4 rings (SSSR count). The first-order chi connectivity index (χ1) is 18.7. The van der Waals surface area contributed by atoms with Crippen molar-refractivity contribution in [3.63, 3.8) is 0 Å². The second-order valence-electron chi connectivity index (χ2n) is 9.86. The van der Waals surface area contributed by atoms with E-state index in [2.05, 4.69) is 4.98 Å². The Kier molecular flexibility index (Phi) is 8.91. The molecule has 0 aliphatic carbocycles. The Labute approximate surface area is 223 Å². The number of nitrogens with zero attached hydrogens (tertiary/aromatic N) is 2. The van der Waals surface area contributed by atoms with Crippen molar-refractivity contribution in [3.8, 4) is 11.5 Å². The fourth-order valence-electron chi connectivity index (χ4n) is 5.22. The predicted octanol–water partition coefficient (Wildman–Crippen LogP) is 5.43. The summed E-state index contributed by atoms with van der Waals surface area (Å²) < 4.78 is 66.9. The first-order valence-electron chi connectivity index (χ1n) is 12.7. The second kappa shape index (κ2) is 12.2. The molecule has 2 heterocycles. The third-order valence-electron chi connectivity index (χ3n) is 7.53. The van der Waals surface area contributed by atoms with E-state index in [1.165, 1.54) is 7.11 Å². The molecular weight excluding hydrogens is 518 g/mol. The Morgan fingerprint density at radius 3 is 2.64 bits per heavy atom. The molecule has 1 aliphatic rings. The highest BCUT2D eigenvalue weighted by atomic mass is 19.2. The van der Waals surface area contributed by atoms with Gasteiger partial charge in [0.05, 0.1) is 18.0 Å². The van der Waals surface area contributed by atoms with Gasteiger partial charge in [0, 0.05) is 30.3 Å². The number of pyridine rings is 1. The average molecular weight is 550 g/mol. The van der Waals surface area contributed by atoms with Crippen LogP contribution in [0.15, 0.2) is 36.5 Å². The van der Waals surface area contributed by atoms with Gasteiger partial charge in [-0.1, -0.05) is 0 Å². The van der Waals surface area contributed by atoms with Crippen molar-refractivity contribution in [2.75, 3.05) is 33.4 Å². The molecule has 11 heteroatoms. The first-order valence-corrected chi connectivity index (χ1v) is 12.7. The fourth-order valence-corrected chi connectivity index (χ4v) is 5.22. The molecular formula is C28H31F4N3O4. The van der Waals surface area contributed by atoms with E-state index in [0.717, 1.165) is 6.07 Å². The van der Waals surface area contributed by atoms with Gasteiger partial charge in [-0.05, 0) is 75.0 Å². The minimum atomic E-state index is -1.38. The van der Waals surface area contributed by atoms with Crippen molar-refractivity contribution in [2.24, 2.45) is 5.41 Å². The molecule has 2 aromatic carbocycles. The minimum Gasteiger partial charge on any atom is -0.497 e. The summed E-state index contributed by atoms with van der Waals surface area (Å²) in [6, 6.07) is 6.49. The molecule has 1 fully saturated rings. The van der Waals surface area contributed by atoms with Crippen molar-refractivity contribution in [1.82, 2.24) is 15.4 Å². The molecule has 1 aliphatic heterocycles. The highest BCUT2D eigenvalue weighted by Gasteiger charge is 2.41. The molecule has 0 saturated carbocycles. The number of likely N-dealkylation sites (tertiary alicyclic amines) is 1. The van der Waals surface area contributed by atoms with E-state index in [9.17, 15) is 23.2 Å². The maximum Gasteiger partial charge on any atom is 0.249 e. The van der Waals surface area contributed by atoms with Crippen LogP contribution in [-0.2, 0) is 4.79 Å². The number of hydrogen-bond donors (Lipinski definition) is 2. The van der Waals surface area contributed by atoms with Crippen molar-refractivity contribution in [2.45, 2.75) is 38.8 Å². The van der Waals surface area contributed by atoms with Crippen molar-refractivity contribution in [3.05, 3.63) is 65.1 Å². The molecule has 3 aromatic rings. The van der Waals surface area contributed by atoms with Crippen molar-refractivity contribution < 1.29 is 37.0 Å². The summed E-state index contributed by atoms with van der Waals surface area (Å²) in [5.41, 5.74) is 2.58. The Balaban J connectivity index is 1.40. The molecule has 2 N–H and O–H groups in total. The van der Waals surface area contributed by atoms with Gasteiger partial charge >= 0.3 is 0 Å². The van der Waals surface area contributed by atoms with Crippen LogP contribution >= 0.6 is 0 Å². The summed E-state index contributed by atoms with van der Waals surface area (Å²) in [6.07, 6.45) is 1.19. The van der Waals surface area contributed by atoms with Crippen LogP contribution in [-0.4, -0.2) is 54.3 Å². The molecule has 0 radical (unpaired) electrons. The van der Waals surface area contributed by atoms with Gasteiger partial charge < -0.3 is 9.47 Å². The standard InChI is InChI=1S/C28H31F4N3O4/c1-17-16-33-23-4-3-19(38-2)15-20(23)25(17)21(30)5-6-28(27(36)34-37)7-9-35(10-8-28)11-12-39-24-14-18(29)13-22(31)26(24)32/h3-4,13-16,21,37H,5-12H2,1-2H3,(H,34,36). The normalized spacial score (nSPS) is 16.2. The number of hydroxylamine groups is 1. The number of methoxy groups -OCH3 is 1. The summed E-state index contributed by atoms with van der Waals surface area (Å²) in [7, 11) is 1.53. The van der Waals surface area contributed by atoms with Crippen LogP contribution in [0, 0.1) is 29.8 Å². The number of fused-ring (bicyclic) bond motifs is 1. The number of hydrogen-bond acceptors (Lipinski definition) is 6. The SMILES string of the molecule is COc1ccc2ncc(C)c(C(F)CCC3(C(=O)NO)CCN(CCOc4cc(F)cc(F)c4F)CC3)c2c1. The van der Waals surface area contributed by atoms with Gasteiger partial charge in [0.25, 0.3) is 0 Å². The molecule has 0 bridgehead atoms. The number of nitrogens with one attached hydrogen (secondary N) is 1. The maximum absolute atomic E-state index is 15.8. The Morgan fingerprint density at radius 2 is 1.95 bits per heavy atom. The van der Waals surface area contributed by atoms with Crippen LogP contribution in [0.4, 0.5) is 17.6 Å². The molecule has 0 spiro atoms. The van der Waals surface area contributed by atoms with E-state index in [4.69, 9.17) is 9.47 Å². The quantitative estimate of drug-likeness (QED) is 0.152. The minimum absolute atomic E-state index is 0.0244. The van der Waals surface area contributed by atoms with Gasteiger partial charge in [-0.25, -0.2) is 18.7 Å². The van der Waals surface area contributed by atoms with E-state index in [-0.39, 0.29) is 19.4 Å². The third-order valence-corrected chi connectivity index (χ3v) is 7.53.